The summed E-state index contributed by atoms with van der Waals surface area (Å²) in [5.41, 5.74) is 0. The van der Waals surface area contributed by atoms with Crippen molar-refractivity contribution in [3.63, 3.8) is 0 Å². The van der Waals surface area contributed by atoms with E-state index in [1.165, 1.54) is 0 Å². The second-order valence-corrected chi connectivity index (χ2v) is 8.62. The second kappa shape index (κ2) is 8.04. The van der Waals surface area contributed by atoms with Crippen LogP contribution in [0.5, 0.6) is 0 Å². The summed E-state index contributed by atoms with van der Waals surface area (Å²) >= 11 is 32.7. The zero-order chi connectivity index (χ0) is 12.8. The van der Waals surface area contributed by atoms with E-state index in [4.69, 9.17) is 78.7 Å². The van der Waals surface area contributed by atoms with Crippen LogP contribution in [-0.2, 0) is 13.6 Å². The summed E-state index contributed by atoms with van der Waals surface area (Å²) in [4.78, 5) is 0. The third-order valence-corrected chi connectivity index (χ3v) is 3.09. The highest BCUT2D eigenvalue weighted by molar-refractivity contribution is 7.33. The predicted molar refractivity (Wildman–Crippen MR) is 69.3 cm³/mol. The Morgan fingerprint density at radius 1 is 0.812 bits per heavy atom. The molecule has 0 radical (unpaired) electrons. The minimum absolute atomic E-state index is 0.000524. The zero-order valence-corrected chi connectivity index (χ0v) is 13.2. The van der Waals surface area contributed by atoms with Crippen molar-refractivity contribution in [2.75, 3.05) is 13.2 Å². The Morgan fingerprint density at radius 2 is 1.12 bits per heavy atom. The molecule has 96 valence electrons. The molecule has 0 amide bonds. The van der Waals surface area contributed by atoms with Crippen molar-refractivity contribution in [1.82, 2.24) is 0 Å². The maximum absolute atomic E-state index is 11.1. The molecule has 0 bridgehead atoms. The van der Waals surface area contributed by atoms with E-state index in [2.05, 4.69) is 0 Å². The Hall–Kier alpha value is 1.76. The van der Waals surface area contributed by atoms with Crippen LogP contribution in [0, 0.1) is 0 Å². The van der Waals surface area contributed by atoms with E-state index in [0.717, 1.165) is 0 Å². The van der Waals surface area contributed by atoms with Gasteiger partial charge in [0.25, 0.3) is 0 Å². The zero-order valence-electron chi connectivity index (χ0n) is 7.77. The molecule has 0 aliphatic carbocycles. The van der Waals surface area contributed by atoms with Gasteiger partial charge in [0.2, 0.25) is 0 Å². The van der Waals surface area contributed by atoms with Gasteiger partial charge in [-0.3, -0.25) is 0 Å². The van der Waals surface area contributed by atoms with E-state index in [-0.39, 0.29) is 26.1 Å². The quantitative estimate of drug-likeness (QED) is 0.475. The van der Waals surface area contributed by atoms with Crippen LogP contribution in [0.25, 0.3) is 0 Å². The van der Waals surface area contributed by atoms with Gasteiger partial charge in [-0.25, -0.2) is 0 Å². The van der Waals surface area contributed by atoms with Crippen LogP contribution in [-0.4, -0.2) is 20.8 Å². The minimum Gasteiger partial charge on any atom is -0.119 e. The first-order valence-electron chi connectivity index (χ1n) is 3.97. The molecule has 0 aromatic rings. The maximum atomic E-state index is 11.1. The first-order chi connectivity index (χ1) is 7.10. The van der Waals surface area contributed by atoms with Gasteiger partial charge in [-0.2, -0.15) is 0 Å². The number of hydrogen-bond donors (Lipinski definition) is 0. The van der Waals surface area contributed by atoms with Crippen molar-refractivity contribution in [2.24, 2.45) is 0 Å². The summed E-state index contributed by atoms with van der Waals surface area (Å²) in [6, 6.07) is 0. The lowest BCUT2D eigenvalue weighted by Crippen LogP contribution is -2.07. The standard InChI is InChI=1S/C6H8Cl6O3P/c7-5(8,9)1-3-14-16(13)15-4-2-6(10,11)12/h1-4H2/q+1. The van der Waals surface area contributed by atoms with Gasteiger partial charge in [0.15, 0.2) is 7.59 Å². The maximum Gasteiger partial charge on any atom is 0.697 e. The van der Waals surface area contributed by atoms with Crippen molar-refractivity contribution in [3.8, 4) is 0 Å². The molecule has 0 aromatic heterocycles. The van der Waals surface area contributed by atoms with Crippen molar-refractivity contribution in [3.05, 3.63) is 0 Å². The first-order valence-corrected chi connectivity index (χ1v) is 7.33. The highest BCUT2D eigenvalue weighted by atomic mass is 35.6. The van der Waals surface area contributed by atoms with Crippen molar-refractivity contribution in [1.29, 1.82) is 0 Å². The smallest absolute Gasteiger partial charge is 0.119 e. The SMILES string of the molecule is O=[P+](OCCC(Cl)(Cl)Cl)OCCC(Cl)(Cl)Cl. The number of halogens is 6. The number of hydrogen-bond acceptors (Lipinski definition) is 3. The van der Waals surface area contributed by atoms with Gasteiger partial charge in [-0.1, -0.05) is 69.6 Å². The average Bonchev–Trinajstić information content (AvgIpc) is 1.98. The first kappa shape index (κ1) is 17.8. The van der Waals surface area contributed by atoms with Gasteiger partial charge in [0, 0.05) is 17.4 Å². The molecule has 16 heavy (non-hydrogen) atoms. The van der Waals surface area contributed by atoms with E-state index in [1.54, 1.807) is 0 Å². The summed E-state index contributed by atoms with van der Waals surface area (Å²) in [7, 11) is -2.29. The molecule has 0 aromatic carbocycles. The molecule has 0 unspecified atom stereocenters. The second-order valence-electron chi connectivity index (χ2n) is 2.62. The fraction of sp³-hybridized carbons (Fsp3) is 1.00. The summed E-state index contributed by atoms with van der Waals surface area (Å²) in [6.45, 7) is -0.00105. The lowest BCUT2D eigenvalue weighted by atomic mass is 10.5. The summed E-state index contributed by atoms with van der Waals surface area (Å²) in [6.07, 6.45) is 0.207. The van der Waals surface area contributed by atoms with Crippen LogP contribution in [0.4, 0.5) is 0 Å². The average molecular weight is 372 g/mol. The van der Waals surface area contributed by atoms with E-state index in [1.807, 2.05) is 0 Å². The Balaban J connectivity index is 3.53. The molecule has 3 nitrogen and oxygen atoms in total. The molecule has 0 aliphatic rings. The van der Waals surface area contributed by atoms with Crippen molar-refractivity contribution < 1.29 is 13.6 Å². The minimum atomic E-state index is -2.29. The predicted octanol–water partition coefficient (Wildman–Crippen LogP) is 5.20. The molecule has 0 rings (SSSR count). The summed E-state index contributed by atoms with van der Waals surface area (Å²) in [5, 5.41) is 0. The fourth-order valence-corrected chi connectivity index (χ4v) is 1.53. The van der Waals surface area contributed by atoms with E-state index < -0.39 is 15.8 Å². The van der Waals surface area contributed by atoms with E-state index in [9.17, 15) is 4.57 Å². The normalized spacial score (nSPS) is 12.9. The molecule has 0 N–H and O–H groups in total. The topological polar surface area (TPSA) is 35.5 Å². The third kappa shape index (κ3) is 13.8. The van der Waals surface area contributed by atoms with Gasteiger partial charge in [0.1, 0.15) is 13.2 Å². The molecular formula is C6H8Cl6O3P+. The fourth-order valence-electron chi connectivity index (χ4n) is 0.509. The van der Waals surface area contributed by atoms with E-state index in [0.29, 0.717) is 0 Å². The van der Waals surface area contributed by atoms with Gasteiger partial charge in [0.05, 0.1) is 0 Å². The van der Waals surface area contributed by atoms with Crippen LogP contribution in [0.3, 0.4) is 0 Å². The Kier molecular flexibility index (Phi) is 8.92. The molecule has 10 heteroatoms. The van der Waals surface area contributed by atoms with Gasteiger partial charge < -0.3 is 0 Å². The number of alkyl halides is 6. The Bertz CT molecular complexity index is 203. The number of rotatable bonds is 6. The van der Waals surface area contributed by atoms with Crippen LogP contribution in [0.1, 0.15) is 12.8 Å². The van der Waals surface area contributed by atoms with Gasteiger partial charge >= 0.3 is 8.25 Å². The van der Waals surface area contributed by atoms with Gasteiger partial charge in [-0.05, 0) is 0 Å². The molecule has 0 saturated heterocycles. The molecule has 0 aliphatic heterocycles. The van der Waals surface area contributed by atoms with Crippen LogP contribution in [0.2, 0.25) is 0 Å². The lowest BCUT2D eigenvalue weighted by molar-refractivity contribution is 0.223. The molecule has 0 atom stereocenters. The Labute approximate surface area is 124 Å². The van der Waals surface area contributed by atoms with Crippen molar-refractivity contribution in [2.45, 2.75) is 20.4 Å². The third-order valence-electron chi connectivity index (χ3n) is 1.16. The summed E-state index contributed by atoms with van der Waals surface area (Å²) in [5.74, 6) is 0. The molecule has 0 fully saturated rings. The summed E-state index contributed by atoms with van der Waals surface area (Å²) < 4.78 is 17.7. The van der Waals surface area contributed by atoms with Crippen LogP contribution >= 0.6 is 77.9 Å². The van der Waals surface area contributed by atoms with E-state index >= 15 is 0 Å². The molecule has 0 saturated carbocycles. The van der Waals surface area contributed by atoms with Crippen LogP contribution in [0.15, 0.2) is 0 Å². The molecule has 0 heterocycles. The lowest BCUT2D eigenvalue weighted by Gasteiger charge is -2.07. The van der Waals surface area contributed by atoms with Crippen LogP contribution < -0.4 is 0 Å². The highest BCUT2D eigenvalue weighted by Gasteiger charge is 2.27. The largest absolute Gasteiger partial charge is 0.697 e. The molecule has 0 spiro atoms. The van der Waals surface area contributed by atoms with Gasteiger partial charge in [-0.15, -0.1) is 9.05 Å². The van der Waals surface area contributed by atoms with Crippen molar-refractivity contribution >= 4 is 77.9 Å². The highest BCUT2D eigenvalue weighted by Crippen LogP contribution is 2.34. The Morgan fingerprint density at radius 3 is 1.38 bits per heavy atom. The molecular weight excluding hydrogens is 364 g/mol. The monoisotopic (exact) mass is 369 g/mol.